The second kappa shape index (κ2) is 9.40. The molecule has 0 saturated carbocycles. The highest BCUT2D eigenvalue weighted by molar-refractivity contribution is 8.00. The number of imide groups is 1. The van der Waals surface area contributed by atoms with Crippen LogP contribution in [0.25, 0.3) is 11.4 Å². The van der Waals surface area contributed by atoms with Gasteiger partial charge in [-0.2, -0.15) is 0 Å². The first-order chi connectivity index (χ1) is 12.9. The summed E-state index contributed by atoms with van der Waals surface area (Å²) >= 11 is 1.26. The van der Waals surface area contributed by atoms with Crippen molar-refractivity contribution in [2.75, 3.05) is 13.7 Å². The Kier molecular flexibility index (Phi) is 7.23. The van der Waals surface area contributed by atoms with Crippen molar-refractivity contribution in [2.24, 2.45) is 0 Å². The molecule has 1 atom stereocenters. The highest BCUT2D eigenvalue weighted by Crippen LogP contribution is 2.30. The number of rotatable bonds is 7. The quantitative estimate of drug-likeness (QED) is 0.704. The first-order valence-electron chi connectivity index (χ1n) is 8.72. The van der Waals surface area contributed by atoms with E-state index in [0.29, 0.717) is 17.5 Å². The molecule has 2 rings (SSSR count). The number of hydrogen-bond acceptors (Lipinski definition) is 6. The van der Waals surface area contributed by atoms with E-state index < -0.39 is 11.3 Å². The summed E-state index contributed by atoms with van der Waals surface area (Å²) in [5.41, 5.74) is 0.906. The molecule has 0 bridgehead atoms. The standard InChI is InChI=1S/C18H25N5O3S/c1-6-19-17(25)20-16(24)12(4)27-18-22-21-15(23(18)11(2)3)13-7-9-14(26-5)10-8-13/h7-12H,6H2,1-5H3,(H2,19,20,24,25)/t12-/m1/s1. The minimum Gasteiger partial charge on any atom is -0.497 e. The van der Waals surface area contributed by atoms with Gasteiger partial charge in [0.25, 0.3) is 0 Å². The monoisotopic (exact) mass is 391 g/mol. The summed E-state index contributed by atoms with van der Waals surface area (Å²) < 4.78 is 7.17. The van der Waals surface area contributed by atoms with Crippen molar-refractivity contribution < 1.29 is 14.3 Å². The number of urea groups is 1. The Balaban J connectivity index is 2.21. The van der Waals surface area contributed by atoms with Gasteiger partial charge in [0.1, 0.15) is 5.75 Å². The molecule has 1 heterocycles. The van der Waals surface area contributed by atoms with Crippen LogP contribution in [0.3, 0.4) is 0 Å². The van der Waals surface area contributed by atoms with Gasteiger partial charge in [-0.1, -0.05) is 11.8 Å². The zero-order chi connectivity index (χ0) is 20.0. The molecule has 0 aliphatic heterocycles. The molecule has 0 saturated heterocycles. The van der Waals surface area contributed by atoms with Gasteiger partial charge in [0.15, 0.2) is 11.0 Å². The summed E-state index contributed by atoms with van der Waals surface area (Å²) in [5, 5.41) is 13.5. The number of aromatic nitrogens is 3. The molecule has 1 aromatic heterocycles. The van der Waals surface area contributed by atoms with Gasteiger partial charge >= 0.3 is 6.03 Å². The first kappa shape index (κ1) is 20.8. The van der Waals surface area contributed by atoms with Crippen LogP contribution in [0.4, 0.5) is 4.79 Å². The third kappa shape index (κ3) is 5.22. The fourth-order valence-corrected chi connectivity index (χ4v) is 3.37. The molecule has 1 aromatic carbocycles. The summed E-state index contributed by atoms with van der Waals surface area (Å²) in [7, 11) is 1.62. The molecule has 8 nitrogen and oxygen atoms in total. The smallest absolute Gasteiger partial charge is 0.321 e. The number of methoxy groups -OCH3 is 1. The van der Waals surface area contributed by atoms with Crippen molar-refractivity contribution >= 4 is 23.7 Å². The number of ether oxygens (including phenoxy) is 1. The van der Waals surface area contributed by atoms with E-state index in [0.717, 1.165) is 11.3 Å². The summed E-state index contributed by atoms with van der Waals surface area (Å²) in [6.45, 7) is 8.02. The molecule has 3 amide bonds. The molecule has 2 aromatic rings. The second-order valence-electron chi connectivity index (χ2n) is 6.11. The van der Waals surface area contributed by atoms with Gasteiger partial charge in [-0.3, -0.25) is 14.7 Å². The zero-order valence-electron chi connectivity index (χ0n) is 16.1. The van der Waals surface area contributed by atoms with Crippen LogP contribution in [0, 0.1) is 0 Å². The predicted molar refractivity (Wildman–Crippen MR) is 105 cm³/mol. The van der Waals surface area contributed by atoms with Crippen LogP contribution in [0.5, 0.6) is 5.75 Å². The Hall–Kier alpha value is -2.55. The van der Waals surface area contributed by atoms with Crippen molar-refractivity contribution in [1.29, 1.82) is 0 Å². The van der Waals surface area contributed by atoms with Gasteiger partial charge in [0.2, 0.25) is 5.91 Å². The SMILES string of the molecule is CCNC(=O)NC(=O)[C@@H](C)Sc1nnc(-c2ccc(OC)cc2)n1C(C)C. The number of thioether (sulfide) groups is 1. The highest BCUT2D eigenvalue weighted by Gasteiger charge is 2.23. The lowest BCUT2D eigenvalue weighted by molar-refractivity contribution is -0.119. The van der Waals surface area contributed by atoms with Crippen molar-refractivity contribution in [2.45, 2.75) is 44.1 Å². The molecule has 0 aliphatic carbocycles. The van der Waals surface area contributed by atoms with E-state index in [4.69, 9.17) is 4.74 Å². The molecular weight excluding hydrogens is 366 g/mol. The van der Waals surface area contributed by atoms with Crippen LogP contribution < -0.4 is 15.4 Å². The first-order valence-corrected chi connectivity index (χ1v) is 9.60. The normalized spacial score (nSPS) is 11.9. The van der Waals surface area contributed by atoms with Crippen molar-refractivity contribution in [3.63, 3.8) is 0 Å². The van der Waals surface area contributed by atoms with Gasteiger partial charge in [-0.25, -0.2) is 4.79 Å². The summed E-state index contributed by atoms with van der Waals surface area (Å²) in [6.07, 6.45) is 0. The van der Waals surface area contributed by atoms with E-state index in [9.17, 15) is 9.59 Å². The van der Waals surface area contributed by atoms with Crippen LogP contribution in [-0.2, 0) is 4.79 Å². The fourth-order valence-electron chi connectivity index (χ4n) is 2.39. The molecular formula is C18H25N5O3S. The molecule has 0 aliphatic rings. The topological polar surface area (TPSA) is 98.1 Å². The van der Waals surface area contributed by atoms with Crippen LogP contribution in [0.15, 0.2) is 29.4 Å². The number of carbonyl (C=O) groups is 2. The average molecular weight is 391 g/mol. The maximum absolute atomic E-state index is 12.2. The van der Waals surface area contributed by atoms with Crippen molar-refractivity contribution in [3.05, 3.63) is 24.3 Å². The van der Waals surface area contributed by atoms with Crippen LogP contribution in [0.2, 0.25) is 0 Å². The summed E-state index contributed by atoms with van der Waals surface area (Å²) in [5.74, 6) is 1.10. The minimum absolute atomic E-state index is 0.0956. The van der Waals surface area contributed by atoms with Gasteiger partial charge in [-0.15, -0.1) is 10.2 Å². The largest absolute Gasteiger partial charge is 0.497 e. The van der Waals surface area contributed by atoms with Crippen LogP contribution in [-0.4, -0.2) is 45.6 Å². The number of nitrogens with one attached hydrogen (secondary N) is 2. The highest BCUT2D eigenvalue weighted by atomic mass is 32.2. The van der Waals surface area contributed by atoms with Gasteiger partial charge < -0.3 is 10.1 Å². The lowest BCUT2D eigenvalue weighted by Gasteiger charge is -2.16. The molecule has 9 heteroatoms. The maximum Gasteiger partial charge on any atom is 0.321 e. The van der Waals surface area contributed by atoms with E-state index in [1.54, 1.807) is 21.0 Å². The Labute approximate surface area is 163 Å². The lowest BCUT2D eigenvalue weighted by atomic mass is 10.2. The fraction of sp³-hybridized carbons (Fsp3) is 0.444. The Morgan fingerprint density at radius 2 is 1.85 bits per heavy atom. The number of benzene rings is 1. The molecule has 0 fully saturated rings. The Bertz CT molecular complexity index is 789. The van der Waals surface area contributed by atoms with E-state index in [1.165, 1.54) is 11.8 Å². The molecule has 0 spiro atoms. The third-order valence-corrected chi connectivity index (χ3v) is 4.81. The minimum atomic E-state index is -0.502. The maximum atomic E-state index is 12.2. The summed E-state index contributed by atoms with van der Waals surface area (Å²) in [4.78, 5) is 23.7. The van der Waals surface area contributed by atoms with E-state index in [2.05, 4.69) is 20.8 Å². The average Bonchev–Trinajstić information content (AvgIpc) is 3.05. The second-order valence-corrected chi connectivity index (χ2v) is 7.42. The van der Waals surface area contributed by atoms with E-state index in [1.807, 2.05) is 42.7 Å². The van der Waals surface area contributed by atoms with Gasteiger partial charge in [-0.05, 0) is 52.0 Å². The number of amides is 3. The Morgan fingerprint density at radius 1 is 1.19 bits per heavy atom. The molecule has 146 valence electrons. The van der Waals surface area contributed by atoms with Crippen molar-refractivity contribution in [3.8, 4) is 17.1 Å². The van der Waals surface area contributed by atoms with Crippen molar-refractivity contribution in [1.82, 2.24) is 25.4 Å². The molecule has 0 unspecified atom stereocenters. The van der Waals surface area contributed by atoms with Crippen LogP contribution in [0.1, 0.15) is 33.7 Å². The van der Waals surface area contributed by atoms with Gasteiger partial charge in [0.05, 0.1) is 12.4 Å². The molecule has 0 radical (unpaired) electrons. The number of carbonyl (C=O) groups excluding carboxylic acids is 2. The predicted octanol–water partition coefficient (Wildman–Crippen LogP) is 2.86. The zero-order valence-corrected chi connectivity index (χ0v) is 17.0. The van der Waals surface area contributed by atoms with Gasteiger partial charge in [0, 0.05) is 18.2 Å². The lowest BCUT2D eigenvalue weighted by Crippen LogP contribution is -2.42. The number of hydrogen-bond donors (Lipinski definition) is 2. The Morgan fingerprint density at radius 3 is 2.41 bits per heavy atom. The molecule has 2 N–H and O–H groups in total. The van der Waals surface area contributed by atoms with Crippen LogP contribution >= 0.6 is 11.8 Å². The van der Waals surface area contributed by atoms with E-state index >= 15 is 0 Å². The number of nitrogens with zero attached hydrogens (tertiary/aromatic N) is 3. The van der Waals surface area contributed by atoms with E-state index in [-0.39, 0.29) is 11.9 Å². The molecule has 27 heavy (non-hydrogen) atoms. The third-order valence-electron chi connectivity index (χ3n) is 3.75. The summed E-state index contributed by atoms with van der Waals surface area (Å²) in [6, 6.07) is 7.16.